The number of thiocarbonyl (C=S) groups is 1. The number of pyridine rings is 1. The van der Waals surface area contributed by atoms with Gasteiger partial charge in [-0.1, -0.05) is 36.4 Å². The number of nitrogens with one attached hydrogen (secondary N) is 1. The summed E-state index contributed by atoms with van der Waals surface area (Å²) in [5.41, 5.74) is 6.87. The second kappa shape index (κ2) is 9.86. The van der Waals surface area contributed by atoms with Crippen molar-refractivity contribution in [3.63, 3.8) is 0 Å². The minimum atomic E-state index is -0.0981. The second-order valence-electron chi connectivity index (χ2n) is 10.7. The first-order valence-corrected chi connectivity index (χ1v) is 13.6. The minimum absolute atomic E-state index is 0.0405. The van der Waals surface area contributed by atoms with E-state index in [0.717, 1.165) is 22.9 Å². The number of nitrogens with zero attached hydrogens (tertiary/aromatic N) is 3. The SMILES string of the molecule is CC1=CC(C)(C)N(C)c2ccc([C@H]3[C@H](c4ccccn4)NC(=S)N3c3ccc(Oc4ccccc4)cc3)cc21. The Labute approximate surface area is 235 Å². The van der Waals surface area contributed by atoms with E-state index in [1.807, 2.05) is 60.8 Å². The standard InChI is InChI=1S/C33H32N4OS/c1-22-21-33(2,3)36(4)29-18-13-23(20-27(22)29)31-30(28-12-8-9-19-34-28)35-32(39)37(31)24-14-16-26(17-15-24)38-25-10-6-5-7-11-25/h5-21,30-31H,1-4H3,(H,35,39)/t30-,31-/m0/s1. The summed E-state index contributed by atoms with van der Waals surface area (Å²) in [6.45, 7) is 6.70. The summed E-state index contributed by atoms with van der Waals surface area (Å²) in [5.74, 6) is 1.59. The van der Waals surface area contributed by atoms with Crippen molar-refractivity contribution in [3.8, 4) is 11.5 Å². The van der Waals surface area contributed by atoms with Crippen LogP contribution in [0.3, 0.4) is 0 Å². The van der Waals surface area contributed by atoms with Gasteiger partial charge in [-0.2, -0.15) is 0 Å². The highest BCUT2D eigenvalue weighted by Crippen LogP contribution is 2.45. The Hall–Kier alpha value is -4.16. The Morgan fingerprint density at radius 3 is 2.33 bits per heavy atom. The number of aromatic nitrogens is 1. The van der Waals surface area contributed by atoms with Gasteiger partial charge in [-0.3, -0.25) is 4.98 Å². The van der Waals surface area contributed by atoms with Crippen molar-refractivity contribution in [2.45, 2.75) is 38.4 Å². The van der Waals surface area contributed by atoms with E-state index < -0.39 is 0 Å². The lowest BCUT2D eigenvalue weighted by molar-refractivity contribution is 0.482. The fourth-order valence-electron chi connectivity index (χ4n) is 5.63. The molecule has 39 heavy (non-hydrogen) atoms. The van der Waals surface area contributed by atoms with Gasteiger partial charge in [-0.05, 0) is 105 Å². The molecule has 2 aliphatic rings. The fourth-order valence-corrected chi connectivity index (χ4v) is 5.98. The van der Waals surface area contributed by atoms with E-state index in [2.05, 4.69) is 85.4 Å². The Morgan fingerprint density at radius 2 is 1.62 bits per heavy atom. The molecular formula is C33H32N4OS. The maximum absolute atomic E-state index is 6.04. The lowest BCUT2D eigenvalue weighted by atomic mass is 9.86. The summed E-state index contributed by atoms with van der Waals surface area (Å²) in [6.07, 6.45) is 4.18. The Balaban J connectivity index is 1.40. The minimum Gasteiger partial charge on any atom is -0.457 e. The van der Waals surface area contributed by atoms with E-state index in [-0.39, 0.29) is 17.6 Å². The monoisotopic (exact) mass is 532 g/mol. The molecule has 6 rings (SSSR count). The molecule has 0 unspecified atom stereocenters. The van der Waals surface area contributed by atoms with Crippen LogP contribution in [0.2, 0.25) is 0 Å². The summed E-state index contributed by atoms with van der Waals surface area (Å²) < 4.78 is 6.04. The second-order valence-corrected chi connectivity index (χ2v) is 11.1. The van der Waals surface area contributed by atoms with E-state index in [1.54, 1.807) is 0 Å². The number of para-hydroxylation sites is 1. The highest BCUT2D eigenvalue weighted by Gasteiger charge is 2.41. The first kappa shape index (κ1) is 25.1. The molecule has 1 N–H and O–H groups in total. The van der Waals surface area contributed by atoms with Crippen LogP contribution in [0.5, 0.6) is 11.5 Å². The van der Waals surface area contributed by atoms with Crippen molar-refractivity contribution in [2.75, 3.05) is 16.8 Å². The third-order valence-corrected chi connectivity index (χ3v) is 8.09. The van der Waals surface area contributed by atoms with E-state index >= 15 is 0 Å². The summed E-state index contributed by atoms with van der Waals surface area (Å²) in [5, 5.41) is 4.25. The van der Waals surface area contributed by atoms with Crippen LogP contribution in [0.15, 0.2) is 103 Å². The fraction of sp³-hybridized carbons (Fsp3) is 0.212. The van der Waals surface area contributed by atoms with Gasteiger partial charge in [-0.15, -0.1) is 0 Å². The zero-order valence-corrected chi connectivity index (χ0v) is 23.4. The Morgan fingerprint density at radius 1 is 0.897 bits per heavy atom. The quantitative estimate of drug-likeness (QED) is 0.266. The van der Waals surface area contributed by atoms with Crippen molar-refractivity contribution in [1.82, 2.24) is 10.3 Å². The smallest absolute Gasteiger partial charge is 0.174 e. The first-order chi connectivity index (χ1) is 18.8. The molecule has 0 bridgehead atoms. The summed E-state index contributed by atoms with van der Waals surface area (Å²) in [6, 6.07) is 30.6. The number of rotatable bonds is 5. The van der Waals surface area contributed by atoms with Crippen molar-refractivity contribution < 1.29 is 4.74 Å². The number of fused-ring (bicyclic) bond motifs is 1. The zero-order chi connectivity index (χ0) is 27.1. The van der Waals surface area contributed by atoms with Gasteiger partial charge in [0.1, 0.15) is 11.5 Å². The number of ether oxygens (including phenoxy) is 1. The lowest BCUT2D eigenvalue weighted by Gasteiger charge is -2.41. The van der Waals surface area contributed by atoms with Gasteiger partial charge in [0.25, 0.3) is 0 Å². The van der Waals surface area contributed by atoms with Crippen molar-refractivity contribution in [2.24, 2.45) is 0 Å². The van der Waals surface area contributed by atoms with Crippen molar-refractivity contribution >= 4 is 34.3 Å². The topological polar surface area (TPSA) is 40.6 Å². The molecule has 1 saturated heterocycles. The normalized spacial score (nSPS) is 19.8. The molecule has 0 aliphatic carbocycles. The largest absolute Gasteiger partial charge is 0.457 e. The summed E-state index contributed by atoms with van der Waals surface area (Å²) in [7, 11) is 2.16. The molecule has 0 amide bonds. The van der Waals surface area contributed by atoms with Gasteiger partial charge in [0, 0.05) is 30.2 Å². The molecule has 196 valence electrons. The molecule has 0 saturated carbocycles. The zero-order valence-electron chi connectivity index (χ0n) is 22.6. The van der Waals surface area contributed by atoms with Gasteiger partial charge in [0.15, 0.2) is 5.11 Å². The number of anilines is 2. The Bertz CT molecular complexity index is 1530. The maximum atomic E-state index is 6.04. The van der Waals surface area contributed by atoms with Gasteiger partial charge in [0.05, 0.1) is 23.3 Å². The molecule has 6 heteroatoms. The van der Waals surface area contributed by atoms with E-state index in [4.69, 9.17) is 21.9 Å². The van der Waals surface area contributed by atoms with Crippen LogP contribution in [0.4, 0.5) is 11.4 Å². The lowest BCUT2D eigenvalue weighted by Crippen LogP contribution is -2.42. The van der Waals surface area contributed by atoms with E-state index in [0.29, 0.717) is 5.11 Å². The molecule has 2 atom stereocenters. The van der Waals surface area contributed by atoms with Gasteiger partial charge in [0.2, 0.25) is 0 Å². The molecule has 0 spiro atoms. The maximum Gasteiger partial charge on any atom is 0.174 e. The number of benzene rings is 3. The average Bonchev–Trinajstić information content (AvgIpc) is 3.30. The number of hydrogen-bond acceptors (Lipinski definition) is 4. The molecule has 1 aromatic heterocycles. The van der Waals surface area contributed by atoms with Crippen LogP contribution >= 0.6 is 12.2 Å². The molecule has 4 aromatic rings. The van der Waals surface area contributed by atoms with Crippen LogP contribution in [-0.2, 0) is 0 Å². The molecule has 0 radical (unpaired) electrons. The molecule has 3 aromatic carbocycles. The predicted octanol–water partition coefficient (Wildman–Crippen LogP) is 7.68. The average molecular weight is 533 g/mol. The van der Waals surface area contributed by atoms with Crippen LogP contribution in [-0.4, -0.2) is 22.7 Å². The van der Waals surface area contributed by atoms with E-state index in [1.165, 1.54) is 22.4 Å². The van der Waals surface area contributed by atoms with Gasteiger partial charge >= 0.3 is 0 Å². The number of likely N-dealkylation sites (N-methyl/N-ethyl adjacent to an activating group) is 1. The molecular weight excluding hydrogens is 500 g/mol. The number of hydrogen-bond donors (Lipinski definition) is 1. The molecule has 3 heterocycles. The predicted molar refractivity (Wildman–Crippen MR) is 163 cm³/mol. The van der Waals surface area contributed by atoms with Crippen LogP contribution in [0.25, 0.3) is 5.57 Å². The number of allylic oxidation sites excluding steroid dienone is 1. The van der Waals surface area contributed by atoms with Crippen LogP contribution in [0.1, 0.15) is 49.7 Å². The van der Waals surface area contributed by atoms with E-state index in [9.17, 15) is 0 Å². The van der Waals surface area contributed by atoms with Gasteiger partial charge in [-0.25, -0.2) is 0 Å². The molecule has 1 fully saturated rings. The summed E-state index contributed by atoms with van der Waals surface area (Å²) in [4.78, 5) is 9.26. The first-order valence-electron chi connectivity index (χ1n) is 13.2. The van der Waals surface area contributed by atoms with Gasteiger partial charge < -0.3 is 19.9 Å². The molecule has 5 nitrogen and oxygen atoms in total. The van der Waals surface area contributed by atoms with Crippen LogP contribution < -0.4 is 19.9 Å². The highest BCUT2D eigenvalue weighted by molar-refractivity contribution is 7.80. The van der Waals surface area contributed by atoms with Crippen LogP contribution in [0, 0.1) is 0 Å². The Kier molecular flexibility index (Phi) is 6.35. The third-order valence-electron chi connectivity index (χ3n) is 7.77. The van der Waals surface area contributed by atoms with Crippen molar-refractivity contribution in [1.29, 1.82) is 0 Å². The summed E-state index contributed by atoms with van der Waals surface area (Å²) >= 11 is 5.94. The third kappa shape index (κ3) is 4.66. The highest BCUT2D eigenvalue weighted by atomic mass is 32.1. The van der Waals surface area contributed by atoms with Crippen molar-refractivity contribution in [3.05, 3.63) is 120 Å². The molecule has 2 aliphatic heterocycles.